The average Bonchev–Trinajstić information content (AvgIpc) is 2.56. The van der Waals surface area contributed by atoms with E-state index < -0.39 is 0 Å². The fraction of sp³-hybridized carbons (Fsp3) is 0.316. The molecule has 2 N–H and O–H groups in total. The summed E-state index contributed by atoms with van der Waals surface area (Å²) in [5, 5.41) is 6.94. The molecule has 0 amide bonds. The van der Waals surface area contributed by atoms with E-state index in [0.717, 1.165) is 22.7 Å². The lowest BCUT2D eigenvalue weighted by molar-refractivity contribution is 0.242. The molecule has 24 heavy (non-hydrogen) atoms. The molecule has 0 radical (unpaired) electrons. The molecule has 0 aliphatic carbocycles. The number of ether oxygens (including phenoxy) is 2. The van der Waals surface area contributed by atoms with Crippen LogP contribution >= 0.6 is 12.2 Å². The first-order valence-electron chi connectivity index (χ1n) is 8.10. The first-order valence-corrected chi connectivity index (χ1v) is 8.51. The van der Waals surface area contributed by atoms with Crippen molar-refractivity contribution in [3.8, 4) is 11.5 Å². The molecule has 0 unspecified atom stereocenters. The van der Waals surface area contributed by atoms with E-state index in [1.165, 1.54) is 0 Å². The topological polar surface area (TPSA) is 42.5 Å². The van der Waals surface area contributed by atoms with E-state index in [9.17, 15) is 0 Å². The summed E-state index contributed by atoms with van der Waals surface area (Å²) in [5.41, 5.74) is 2.07. The summed E-state index contributed by atoms with van der Waals surface area (Å²) >= 11 is 5.32. The summed E-state index contributed by atoms with van der Waals surface area (Å²) in [6.07, 6.45) is 0.180. The molecule has 0 aromatic heterocycles. The minimum Gasteiger partial charge on any atom is -0.494 e. The minimum absolute atomic E-state index is 0.180. The maximum atomic E-state index is 5.63. The van der Waals surface area contributed by atoms with Gasteiger partial charge in [-0.1, -0.05) is 12.1 Å². The molecule has 0 heterocycles. The van der Waals surface area contributed by atoms with Gasteiger partial charge in [-0.25, -0.2) is 0 Å². The molecule has 0 atom stereocenters. The molecular weight excluding hydrogens is 320 g/mol. The predicted octanol–water partition coefficient (Wildman–Crippen LogP) is 4.36. The minimum atomic E-state index is 0.180. The molecule has 0 saturated carbocycles. The Morgan fingerprint density at radius 2 is 1.62 bits per heavy atom. The van der Waals surface area contributed by atoms with Crippen molar-refractivity contribution in [1.29, 1.82) is 0 Å². The second-order valence-electron chi connectivity index (χ2n) is 5.58. The normalized spacial score (nSPS) is 10.3. The smallest absolute Gasteiger partial charge is 0.171 e. The van der Waals surface area contributed by atoms with Gasteiger partial charge in [0.1, 0.15) is 11.5 Å². The molecule has 2 aromatic rings. The van der Waals surface area contributed by atoms with Gasteiger partial charge in [0.15, 0.2) is 5.11 Å². The zero-order valence-electron chi connectivity index (χ0n) is 14.3. The Morgan fingerprint density at radius 1 is 1.00 bits per heavy atom. The van der Waals surface area contributed by atoms with Crippen LogP contribution < -0.4 is 20.1 Å². The van der Waals surface area contributed by atoms with Crippen LogP contribution in [0.3, 0.4) is 0 Å². The van der Waals surface area contributed by atoms with Gasteiger partial charge in [0, 0.05) is 12.2 Å². The van der Waals surface area contributed by atoms with Gasteiger partial charge in [0.25, 0.3) is 0 Å². The maximum absolute atomic E-state index is 5.63. The Labute approximate surface area is 149 Å². The van der Waals surface area contributed by atoms with E-state index in [-0.39, 0.29) is 6.10 Å². The molecule has 128 valence electrons. The van der Waals surface area contributed by atoms with Crippen molar-refractivity contribution in [2.45, 2.75) is 33.4 Å². The van der Waals surface area contributed by atoms with Crippen molar-refractivity contribution < 1.29 is 9.47 Å². The average molecular weight is 344 g/mol. The molecule has 5 heteroatoms. The zero-order chi connectivity index (χ0) is 17.4. The van der Waals surface area contributed by atoms with Crippen LogP contribution in [0.15, 0.2) is 48.5 Å². The predicted molar refractivity (Wildman–Crippen MR) is 103 cm³/mol. The van der Waals surface area contributed by atoms with Crippen molar-refractivity contribution in [3.63, 3.8) is 0 Å². The lowest BCUT2D eigenvalue weighted by atomic mass is 10.2. The van der Waals surface area contributed by atoms with E-state index in [1.54, 1.807) is 0 Å². The highest BCUT2D eigenvalue weighted by Crippen LogP contribution is 2.16. The molecular formula is C19H24N2O2S. The first kappa shape index (κ1) is 18.1. The Kier molecular flexibility index (Phi) is 6.88. The fourth-order valence-electron chi connectivity index (χ4n) is 2.12. The van der Waals surface area contributed by atoms with Gasteiger partial charge >= 0.3 is 0 Å². The van der Waals surface area contributed by atoms with Crippen LogP contribution in [0.2, 0.25) is 0 Å². The van der Waals surface area contributed by atoms with Gasteiger partial charge in [0.2, 0.25) is 0 Å². The van der Waals surface area contributed by atoms with E-state index in [1.807, 2.05) is 69.3 Å². The first-order chi connectivity index (χ1) is 11.6. The van der Waals surface area contributed by atoms with Crippen LogP contribution in [0, 0.1) is 0 Å². The van der Waals surface area contributed by atoms with Crippen molar-refractivity contribution in [3.05, 3.63) is 54.1 Å². The van der Waals surface area contributed by atoms with Crippen LogP contribution in [0.5, 0.6) is 11.5 Å². The number of anilines is 1. The second-order valence-corrected chi connectivity index (χ2v) is 5.98. The van der Waals surface area contributed by atoms with Crippen LogP contribution in [-0.2, 0) is 6.54 Å². The highest BCUT2D eigenvalue weighted by Gasteiger charge is 2.01. The molecule has 0 bridgehead atoms. The molecule has 0 aliphatic rings. The van der Waals surface area contributed by atoms with Gasteiger partial charge < -0.3 is 20.1 Å². The number of thiocarbonyl (C=S) groups is 1. The highest BCUT2D eigenvalue weighted by molar-refractivity contribution is 7.80. The third-order valence-electron chi connectivity index (χ3n) is 3.17. The lowest BCUT2D eigenvalue weighted by Crippen LogP contribution is -2.27. The summed E-state index contributed by atoms with van der Waals surface area (Å²) < 4.78 is 11.1. The SMILES string of the molecule is CCOc1ccc(NC(=S)NCc2ccc(OC(C)C)cc2)cc1. The maximum Gasteiger partial charge on any atom is 0.171 e. The van der Waals surface area contributed by atoms with E-state index in [2.05, 4.69) is 10.6 Å². The molecule has 2 rings (SSSR count). The quantitative estimate of drug-likeness (QED) is 0.731. The third kappa shape index (κ3) is 6.08. The fourth-order valence-corrected chi connectivity index (χ4v) is 2.31. The Morgan fingerprint density at radius 3 is 2.21 bits per heavy atom. The van der Waals surface area contributed by atoms with Gasteiger partial charge in [-0.15, -0.1) is 0 Å². The Hall–Kier alpha value is -2.27. The van der Waals surface area contributed by atoms with Crippen molar-refractivity contribution in [1.82, 2.24) is 5.32 Å². The highest BCUT2D eigenvalue weighted by atomic mass is 32.1. The Bertz CT molecular complexity index is 639. The number of nitrogens with one attached hydrogen (secondary N) is 2. The number of benzene rings is 2. The van der Waals surface area contributed by atoms with Gasteiger partial charge in [0.05, 0.1) is 12.7 Å². The number of hydrogen-bond acceptors (Lipinski definition) is 3. The van der Waals surface area contributed by atoms with Crippen molar-refractivity contribution in [2.24, 2.45) is 0 Å². The molecule has 0 spiro atoms. The van der Waals surface area contributed by atoms with E-state index in [0.29, 0.717) is 18.3 Å². The molecule has 0 aliphatic heterocycles. The van der Waals surface area contributed by atoms with Crippen LogP contribution in [0.4, 0.5) is 5.69 Å². The molecule has 0 fully saturated rings. The summed E-state index contributed by atoms with van der Waals surface area (Å²) in [6.45, 7) is 7.31. The Balaban J connectivity index is 1.80. The molecule has 0 saturated heterocycles. The van der Waals surface area contributed by atoms with Crippen LogP contribution in [-0.4, -0.2) is 17.8 Å². The van der Waals surface area contributed by atoms with Gasteiger partial charge in [-0.3, -0.25) is 0 Å². The van der Waals surface area contributed by atoms with Crippen molar-refractivity contribution >= 4 is 23.0 Å². The van der Waals surface area contributed by atoms with Crippen molar-refractivity contribution in [2.75, 3.05) is 11.9 Å². The zero-order valence-corrected chi connectivity index (χ0v) is 15.2. The summed E-state index contributed by atoms with van der Waals surface area (Å²) in [7, 11) is 0. The summed E-state index contributed by atoms with van der Waals surface area (Å²) in [6, 6.07) is 15.7. The second kappa shape index (κ2) is 9.13. The van der Waals surface area contributed by atoms with Crippen LogP contribution in [0.1, 0.15) is 26.3 Å². The van der Waals surface area contributed by atoms with Crippen LogP contribution in [0.25, 0.3) is 0 Å². The largest absolute Gasteiger partial charge is 0.494 e. The number of hydrogen-bond donors (Lipinski definition) is 2. The van der Waals surface area contributed by atoms with E-state index in [4.69, 9.17) is 21.7 Å². The summed E-state index contributed by atoms with van der Waals surface area (Å²) in [5.74, 6) is 1.73. The summed E-state index contributed by atoms with van der Waals surface area (Å²) in [4.78, 5) is 0. The monoisotopic (exact) mass is 344 g/mol. The van der Waals surface area contributed by atoms with E-state index >= 15 is 0 Å². The molecule has 2 aromatic carbocycles. The lowest BCUT2D eigenvalue weighted by Gasteiger charge is -2.12. The number of rotatable bonds is 7. The van der Waals surface area contributed by atoms with Gasteiger partial charge in [-0.05, 0) is 75.0 Å². The third-order valence-corrected chi connectivity index (χ3v) is 3.42. The standard InChI is InChI=1S/C19H24N2O2S/c1-4-22-17-11-7-16(8-12-17)21-19(24)20-13-15-5-9-18(10-6-15)23-14(2)3/h5-12,14H,4,13H2,1-3H3,(H2,20,21,24). The molecule has 4 nitrogen and oxygen atoms in total. The van der Waals surface area contributed by atoms with Gasteiger partial charge in [-0.2, -0.15) is 0 Å².